The van der Waals surface area contributed by atoms with Crippen LogP contribution in [0.15, 0.2) is 72.8 Å². The molecule has 0 aliphatic heterocycles. The van der Waals surface area contributed by atoms with Gasteiger partial charge in [0.05, 0.1) is 18.1 Å². The molecule has 1 aliphatic carbocycles. The third-order valence-electron chi connectivity index (χ3n) is 5.82. The number of aliphatic hydroxyl groups is 1. The number of esters is 1. The van der Waals surface area contributed by atoms with Crippen LogP contribution >= 0.6 is 0 Å². The molecule has 2 aromatic carbocycles. The molecule has 2 aromatic rings. The van der Waals surface area contributed by atoms with Gasteiger partial charge in [-0.1, -0.05) is 72.8 Å². The second-order valence-electron chi connectivity index (χ2n) is 9.39. The number of hydrogen-bond donors (Lipinski definition) is 1. The first-order valence-electron chi connectivity index (χ1n) is 11.2. The van der Waals surface area contributed by atoms with Crippen LogP contribution in [0.3, 0.4) is 0 Å². The lowest BCUT2D eigenvalue weighted by Crippen LogP contribution is -2.51. The quantitative estimate of drug-likeness (QED) is 0.509. The highest BCUT2D eigenvalue weighted by atomic mass is 16.6. The van der Waals surface area contributed by atoms with E-state index in [1.54, 1.807) is 0 Å². The van der Waals surface area contributed by atoms with E-state index in [2.05, 4.69) is 36.1 Å². The number of aliphatic hydroxyl groups excluding tert-OH is 1. The van der Waals surface area contributed by atoms with Crippen LogP contribution in [0.25, 0.3) is 0 Å². The molecule has 0 fully saturated rings. The van der Waals surface area contributed by atoms with Gasteiger partial charge in [0.1, 0.15) is 5.60 Å². The molecule has 0 saturated heterocycles. The Morgan fingerprint density at radius 2 is 1.61 bits per heavy atom. The molecule has 4 atom stereocenters. The van der Waals surface area contributed by atoms with E-state index < -0.39 is 17.6 Å². The number of allylic oxidation sites excluding steroid dienone is 1. The molecular weight excluding hydrogens is 386 g/mol. The van der Waals surface area contributed by atoms with Crippen LogP contribution in [-0.4, -0.2) is 33.7 Å². The van der Waals surface area contributed by atoms with Crippen molar-refractivity contribution in [1.82, 2.24) is 4.90 Å². The van der Waals surface area contributed by atoms with E-state index >= 15 is 0 Å². The average molecular weight is 422 g/mol. The fourth-order valence-corrected chi connectivity index (χ4v) is 4.31. The van der Waals surface area contributed by atoms with E-state index in [0.29, 0.717) is 19.4 Å². The van der Waals surface area contributed by atoms with Gasteiger partial charge in [0.15, 0.2) is 0 Å². The van der Waals surface area contributed by atoms with Crippen LogP contribution in [0.2, 0.25) is 0 Å². The minimum Gasteiger partial charge on any atom is -0.460 e. The number of ether oxygens (including phenoxy) is 1. The molecule has 0 heterocycles. The normalized spacial score (nSPS) is 22.7. The van der Waals surface area contributed by atoms with Crippen LogP contribution < -0.4 is 0 Å². The number of carbonyl (C=O) groups is 1. The summed E-state index contributed by atoms with van der Waals surface area (Å²) in [5.41, 5.74) is 1.74. The Labute approximate surface area is 186 Å². The van der Waals surface area contributed by atoms with Gasteiger partial charge in [0.25, 0.3) is 0 Å². The molecule has 0 amide bonds. The van der Waals surface area contributed by atoms with Gasteiger partial charge >= 0.3 is 5.97 Å². The Balaban J connectivity index is 2.00. The summed E-state index contributed by atoms with van der Waals surface area (Å²) in [6.45, 7) is 8.44. The van der Waals surface area contributed by atoms with Gasteiger partial charge in [-0.3, -0.25) is 9.69 Å². The zero-order valence-corrected chi connectivity index (χ0v) is 19.1. The SMILES string of the molecule is C[C@@H](c1ccccc1)N(Cc1ccccc1)[C@H]1[C@H](O)CC=CC[C@@H]1C(=O)OC(C)(C)C. The van der Waals surface area contributed by atoms with Crippen molar-refractivity contribution < 1.29 is 14.6 Å². The molecule has 0 unspecified atom stereocenters. The van der Waals surface area contributed by atoms with Crippen molar-refractivity contribution in [3.05, 3.63) is 83.9 Å². The van der Waals surface area contributed by atoms with E-state index in [9.17, 15) is 9.90 Å². The molecule has 4 nitrogen and oxygen atoms in total. The summed E-state index contributed by atoms with van der Waals surface area (Å²) < 4.78 is 5.79. The number of benzene rings is 2. The molecule has 31 heavy (non-hydrogen) atoms. The summed E-state index contributed by atoms with van der Waals surface area (Å²) in [6, 6.07) is 20.2. The molecule has 0 aromatic heterocycles. The molecule has 0 bridgehead atoms. The summed E-state index contributed by atoms with van der Waals surface area (Å²) in [5, 5.41) is 11.2. The maximum absolute atomic E-state index is 13.2. The van der Waals surface area contributed by atoms with Crippen molar-refractivity contribution in [1.29, 1.82) is 0 Å². The fourth-order valence-electron chi connectivity index (χ4n) is 4.31. The average Bonchev–Trinajstić information content (AvgIpc) is 2.93. The molecule has 0 saturated carbocycles. The van der Waals surface area contributed by atoms with E-state index in [1.807, 2.05) is 69.3 Å². The first-order valence-corrected chi connectivity index (χ1v) is 11.2. The van der Waals surface area contributed by atoms with Crippen molar-refractivity contribution >= 4 is 5.97 Å². The number of rotatable bonds is 6. The minimum atomic E-state index is -0.661. The predicted octanol–water partition coefficient (Wildman–Crippen LogP) is 5.29. The van der Waals surface area contributed by atoms with Crippen molar-refractivity contribution in [2.24, 2.45) is 5.92 Å². The summed E-state index contributed by atoms with van der Waals surface area (Å²) in [7, 11) is 0. The van der Waals surface area contributed by atoms with E-state index in [4.69, 9.17) is 4.74 Å². The summed E-state index contributed by atoms with van der Waals surface area (Å²) in [5.74, 6) is -0.690. The molecule has 0 radical (unpaired) electrons. The third kappa shape index (κ3) is 6.28. The maximum atomic E-state index is 13.2. The number of carbonyl (C=O) groups excluding carboxylic acids is 1. The highest BCUT2D eigenvalue weighted by molar-refractivity contribution is 5.74. The number of nitrogens with zero attached hydrogens (tertiary/aromatic N) is 1. The molecule has 0 spiro atoms. The zero-order chi connectivity index (χ0) is 22.4. The van der Waals surface area contributed by atoms with Crippen LogP contribution in [0.1, 0.15) is 57.7 Å². The van der Waals surface area contributed by atoms with Crippen LogP contribution in [-0.2, 0) is 16.1 Å². The molecule has 1 N–H and O–H groups in total. The standard InChI is InChI=1S/C27H35NO3/c1-20(22-15-9-6-10-16-22)28(19-21-13-7-5-8-14-21)25-23(17-11-12-18-24(25)29)26(30)31-27(2,3)4/h5-16,20,23-25,29H,17-19H2,1-4H3/t20-,23-,24+,25+/m0/s1. The first-order chi connectivity index (χ1) is 14.8. The first kappa shape index (κ1) is 23.2. The highest BCUT2D eigenvalue weighted by Crippen LogP contribution is 2.34. The van der Waals surface area contributed by atoms with Gasteiger partial charge in [-0.15, -0.1) is 0 Å². The molecule has 166 valence electrons. The van der Waals surface area contributed by atoms with Crippen molar-refractivity contribution in [3.63, 3.8) is 0 Å². The lowest BCUT2D eigenvalue weighted by molar-refractivity contribution is -0.165. The molecular formula is C27H35NO3. The summed E-state index contributed by atoms with van der Waals surface area (Å²) >= 11 is 0. The Bertz CT molecular complexity index is 857. The topological polar surface area (TPSA) is 49.8 Å². The van der Waals surface area contributed by atoms with Gasteiger partial charge in [-0.05, 0) is 51.7 Å². The maximum Gasteiger partial charge on any atom is 0.311 e. The summed E-state index contributed by atoms with van der Waals surface area (Å²) in [6.07, 6.45) is 4.41. The van der Waals surface area contributed by atoms with E-state index in [0.717, 1.165) is 11.1 Å². The van der Waals surface area contributed by atoms with Gasteiger partial charge in [-0.25, -0.2) is 0 Å². The molecule has 1 aliphatic rings. The van der Waals surface area contributed by atoms with E-state index in [1.165, 1.54) is 0 Å². The molecule has 3 rings (SSSR count). The summed E-state index contributed by atoms with van der Waals surface area (Å²) in [4.78, 5) is 15.5. The van der Waals surface area contributed by atoms with Gasteiger partial charge in [0.2, 0.25) is 0 Å². The van der Waals surface area contributed by atoms with Crippen molar-refractivity contribution in [2.75, 3.05) is 0 Å². The van der Waals surface area contributed by atoms with Crippen LogP contribution in [0, 0.1) is 5.92 Å². The van der Waals surface area contributed by atoms with Gasteiger partial charge < -0.3 is 9.84 Å². The lowest BCUT2D eigenvalue weighted by atomic mass is 9.88. The van der Waals surface area contributed by atoms with Crippen LogP contribution in [0.5, 0.6) is 0 Å². The second kappa shape index (κ2) is 10.3. The van der Waals surface area contributed by atoms with Gasteiger partial charge in [-0.2, -0.15) is 0 Å². The fraction of sp³-hybridized carbons (Fsp3) is 0.444. The molecule has 4 heteroatoms. The van der Waals surface area contributed by atoms with E-state index in [-0.39, 0.29) is 18.1 Å². The van der Waals surface area contributed by atoms with Crippen LogP contribution in [0.4, 0.5) is 0 Å². The third-order valence-corrected chi connectivity index (χ3v) is 5.82. The number of hydrogen-bond acceptors (Lipinski definition) is 4. The zero-order valence-electron chi connectivity index (χ0n) is 19.1. The monoisotopic (exact) mass is 421 g/mol. The highest BCUT2D eigenvalue weighted by Gasteiger charge is 2.41. The largest absolute Gasteiger partial charge is 0.460 e. The lowest BCUT2D eigenvalue weighted by Gasteiger charge is -2.42. The minimum absolute atomic E-state index is 0.0177. The predicted molar refractivity (Wildman–Crippen MR) is 124 cm³/mol. The smallest absolute Gasteiger partial charge is 0.311 e. The Hall–Kier alpha value is -2.43. The Kier molecular flexibility index (Phi) is 7.69. The Morgan fingerprint density at radius 1 is 1.03 bits per heavy atom. The van der Waals surface area contributed by atoms with Gasteiger partial charge in [0, 0.05) is 12.6 Å². The second-order valence-corrected chi connectivity index (χ2v) is 9.39. The van der Waals surface area contributed by atoms with Crippen molar-refractivity contribution in [2.45, 2.75) is 70.9 Å². The van der Waals surface area contributed by atoms with Crippen molar-refractivity contribution in [3.8, 4) is 0 Å². The Morgan fingerprint density at radius 3 is 2.23 bits per heavy atom.